The highest BCUT2D eigenvalue weighted by atomic mass is 127. The van der Waals surface area contributed by atoms with Crippen LogP contribution in [0.4, 0.5) is 0 Å². The molecule has 1 aromatic carbocycles. The number of amides is 2. The zero-order chi connectivity index (χ0) is 15.4. The van der Waals surface area contributed by atoms with Crippen molar-refractivity contribution in [3.05, 3.63) is 32.4 Å². The molecule has 21 heavy (non-hydrogen) atoms. The summed E-state index contributed by atoms with van der Waals surface area (Å²) in [4.78, 5) is 25.5. The highest BCUT2D eigenvalue weighted by Gasteiger charge is 2.28. The van der Waals surface area contributed by atoms with Crippen LogP contribution in [0, 0.1) is 14.9 Å². The molecule has 110 valence electrons. The Morgan fingerprint density at radius 3 is 2.95 bits per heavy atom. The molecule has 0 aromatic heterocycles. The van der Waals surface area contributed by atoms with E-state index in [4.69, 9.17) is 16.9 Å². The Morgan fingerprint density at radius 1 is 1.52 bits per heavy atom. The minimum Gasteiger partial charge on any atom is -0.343 e. The summed E-state index contributed by atoms with van der Waals surface area (Å²) in [5.74, 6) is -0.633. The van der Waals surface area contributed by atoms with Crippen LogP contribution in [0.5, 0.6) is 0 Å². The molecule has 0 bridgehead atoms. The Morgan fingerprint density at radius 2 is 2.29 bits per heavy atom. The molecule has 2 rings (SSSR count). The summed E-state index contributed by atoms with van der Waals surface area (Å²) in [6.07, 6.45) is 1.51. The molecular formula is C14H13ClIN3O2. The van der Waals surface area contributed by atoms with E-state index in [1.807, 2.05) is 0 Å². The number of hydrogen-bond donors (Lipinski definition) is 1. The number of nitrogens with one attached hydrogen (secondary N) is 1. The SMILES string of the molecule is N#C[C@@H]1CCCN1C(=O)CNC(=O)c1ccc(I)cc1Cl. The standard InChI is InChI=1S/C14H13ClIN3O2/c15-12-6-9(16)3-4-11(12)14(21)18-8-13(20)19-5-1-2-10(19)7-17/h3-4,6,10H,1-2,5,8H2,(H,18,21)/t10-/m0/s1. The Hall–Kier alpha value is -1.33. The van der Waals surface area contributed by atoms with Crippen molar-refractivity contribution >= 4 is 46.0 Å². The lowest BCUT2D eigenvalue weighted by Crippen LogP contribution is -2.42. The number of benzene rings is 1. The zero-order valence-corrected chi connectivity index (χ0v) is 14.0. The van der Waals surface area contributed by atoms with Crippen LogP contribution in [0.1, 0.15) is 23.2 Å². The van der Waals surface area contributed by atoms with Gasteiger partial charge in [0.2, 0.25) is 5.91 Å². The van der Waals surface area contributed by atoms with E-state index >= 15 is 0 Å². The number of halogens is 2. The van der Waals surface area contributed by atoms with Crippen LogP contribution < -0.4 is 5.32 Å². The van der Waals surface area contributed by atoms with E-state index in [1.54, 1.807) is 18.2 Å². The van der Waals surface area contributed by atoms with Gasteiger partial charge in [0, 0.05) is 10.1 Å². The van der Waals surface area contributed by atoms with Crippen LogP contribution in [-0.2, 0) is 4.79 Å². The maximum Gasteiger partial charge on any atom is 0.253 e. The predicted octanol–water partition coefficient (Wildman–Crippen LogP) is 2.19. The highest BCUT2D eigenvalue weighted by Crippen LogP contribution is 2.19. The first-order valence-corrected chi connectivity index (χ1v) is 7.91. The van der Waals surface area contributed by atoms with E-state index in [9.17, 15) is 9.59 Å². The van der Waals surface area contributed by atoms with Gasteiger partial charge in [0.05, 0.1) is 23.2 Å². The summed E-state index contributed by atoms with van der Waals surface area (Å²) < 4.78 is 0.930. The Kier molecular flexibility index (Phi) is 5.42. The first-order chi connectivity index (χ1) is 10.0. The molecule has 1 aliphatic rings. The van der Waals surface area contributed by atoms with Gasteiger partial charge in [0.1, 0.15) is 6.04 Å². The zero-order valence-electron chi connectivity index (χ0n) is 11.1. The van der Waals surface area contributed by atoms with Gasteiger partial charge in [-0.1, -0.05) is 11.6 Å². The highest BCUT2D eigenvalue weighted by molar-refractivity contribution is 14.1. The Balaban J connectivity index is 1.95. The summed E-state index contributed by atoms with van der Waals surface area (Å²) in [5.41, 5.74) is 0.336. The molecule has 1 aliphatic heterocycles. The second kappa shape index (κ2) is 7.09. The van der Waals surface area contributed by atoms with Gasteiger partial charge in [0.25, 0.3) is 5.91 Å². The average molecular weight is 418 g/mol. The molecule has 5 nitrogen and oxygen atoms in total. The molecule has 1 atom stereocenters. The summed E-state index contributed by atoms with van der Waals surface area (Å²) in [6.45, 7) is 0.441. The van der Waals surface area contributed by atoms with Gasteiger partial charge >= 0.3 is 0 Å². The summed E-state index contributed by atoms with van der Waals surface area (Å²) in [5, 5.41) is 11.9. The van der Waals surface area contributed by atoms with Crippen molar-refractivity contribution in [3.63, 3.8) is 0 Å². The molecule has 1 heterocycles. The maximum atomic E-state index is 12.0. The van der Waals surface area contributed by atoms with Crippen LogP contribution in [0.2, 0.25) is 5.02 Å². The fourth-order valence-electron chi connectivity index (χ4n) is 2.23. The summed E-state index contributed by atoms with van der Waals surface area (Å²) in [6, 6.07) is 6.80. The largest absolute Gasteiger partial charge is 0.343 e. The quantitative estimate of drug-likeness (QED) is 0.766. The van der Waals surface area contributed by atoms with Crippen LogP contribution >= 0.6 is 34.2 Å². The van der Waals surface area contributed by atoms with Gasteiger partial charge in [0.15, 0.2) is 0 Å². The summed E-state index contributed by atoms with van der Waals surface area (Å²) >= 11 is 8.11. The molecule has 0 spiro atoms. The van der Waals surface area contributed by atoms with Crippen LogP contribution in [0.25, 0.3) is 0 Å². The van der Waals surface area contributed by atoms with Crippen LogP contribution in [-0.4, -0.2) is 35.8 Å². The topological polar surface area (TPSA) is 73.2 Å². The van der Waals surface area contributed by atoms with Gasteiger partial charge in [-0.15, -0.1) is 0 Å². The number of carbonyl (C=O) groups excluding carboxylic acids is 2. The van der Waals surface area contributed by atoms with Crippen molar-refractivity contribution in [2.24, 2.45) is 0 Å². The number of nitrogens with zero attached hydrogens (tertiary/aromatic N) is 2. The van der Waals surface area contributed by atoms with Gasteiger partial charge < -0.3 is 10.2 Å². The van der Waals surface area contributed by atoms with Crippen molar-refractivity contribution in [2.45, 2.75) is 18.9 Å². The van der Waals surface area contributed by atoms with Crippen molar-refractivity contribution in [3.8, 4) is 6.07 Å². The molecule has 1 saturated heterocycles. The smallest absolute Gasteiger partial charge is 0.253 e. The maximum absolute atomic E-state index is 12.0. The Labute approximate surface area is 141 Å². The van der Waals surface area contributed by atoms with Gasteiger partial charge in [-0.05, 0) is 53.6 Å². The van der Waals surface area contributed by atoms with Crippen molar-refractivity contribution in [1.29, 1.82) is 5.26 Å². The fourth-order valence-corrected chi connectivity index (χ4v) is 3.17. The van der Waals surface area contributed by atoms with E-state index in [2.05, 4.69) is 34.0 Å². The van der Waals surface area contributed by atoms with Crippen molar-refractivity contribution in [2.75, 3.05) is 13.1 Å². The molecule has 0 saturated carbocycles. The average Bonchev–Trinajstić information content (AvgIpc) is 2.92. The lowest BCUT2D eigenvalue weighted by molar-refractivity contribution is -0.130. The molecule has 0 unspecified atom stereocenters. The lowest BCUT2D eigenvalue weighted by Gasteiger charge is -2.19. The molecule has 0 aliphatic carbocycles. The molecule has 2 amide bonds. The van der Waals surface area contributed by atoms with E-state index < -0.39 is 5.91 Å². The number of nitriles is 1. The first kappa shape index (κ1) is 16.0. The minimum atomic E-state index is -0.391. The normalized spacial score (nSPS) is 17.4. The van der Waals surface area contributed by atoms with E-state index in [0.29, 0.717) is 23.6 Å². The number of likely N-dealkylation sites (tertiary alicyclic amines) is 1. The number of hydrogen-bond acceptors (Lipinski definition) is 3. The predicted molar refractivity (Wildman–Crippen MR) is 86.9 cm³/mol. The molecule has 0 radical (unpaired) electrons. The number of rotatable bonds is 3. The summed E-state index contributed by atoms with van der Waals surface area (Å²) in [7, 11) is 0. The molecule has 7 heteroatoms. The third-order valence-corrected chi connectivity index (χ3v) is 4.28. The van der Waals surface area contributed by atoms with Gasteiger partial charge in [-0.25, -0.2) is 0 Å². The van der Waals surface area contributed by atoms with E-state index in [-0.39, 0.29) is 18.5 Å². The minimum absolute atomic E-state index is 0.126. The van der Waals surface area contributed by atoms with E-state index in [1.165, 1.54) is 4.90 Å². The number of carbonyl (C=O) groups is 2. The third-order valence-electron chi connectivity index (χ3n) is 3.30. The molecule has 1 aromatic rings. The first-order valence-electron chi connectivity index (χ1n) is 6.45. The molecular weight excluding hydrogens is 405 g/mol. The fraction of sp³-hybridized carbons (Fsp3) is 0.357. The van der Waals surface area contributed by atoms with Crippen molar-refractivity contribution in [1.82, 2.24) is 10.2 Å². The molecule has 1 fully saturated rings. The second-order valence-electron chi connectivity index (χ2n) is 4.68. The Bertz CT molecular complexity index is 615. The molecule has 1 N–H and O–H groups in total. The van der Waals surface area contributed by atoms with Gasteiger partial charge in [-0.3, -0.25) is 9.59 Å². The van der Waals surface area contributed by atoms with Crippen molar-refractivity contribution < 1.29 is 9.59 Å². The second-order valence-corrected chi connectivity index (χ2v) is 6.33. The lowest BCUT2D eigenvalue weighted by atomic mass is 10.2. The van der Waals surface area contributed by atoms with E-state index in [0.717, 1.165) is 9.99 Å². The monoisotopic (exact) mass is 417 g/mol. The van der Waals surface area contributed by atoms with Gasteiger partial charge in [-0.2, -0.15) is 5.26 Å². The van der Waals surface area contributed by atoms with Crippen LogP contribution in [0.3, 0.4) is 0 Å². The van der Waals surface area contributed by atoms with Crippen LogP contribution in [0.15, 0.2) is 18.2 Å². The third kappa shape index (κ3) is 3.86.